The average molecular weight is 897 g/mol. The van der Waals surface area contributed by atoms with Crippen molar-refractivity contribution >= 4 is 64.9 Å². The van der Waals surface area contributed by atoms with Crippen LogP contribution in [0.5, 0.6) is 5.75 Å². The summed E-state index contributed by atoms with van der Waals surface area (Å²) in [6.07, 6.45) is 3.15. The fraction of sp³-hybridized carbons (Fsp3) is 0.559. The molecule has 0 saturated heterocycles. The van der Waals surface area contributed by atoms with Crippen LogP contribution < -0.4 is 20.1 Å². The third kappa shape index (κ3) is 22.3. The minimum absolute atomic E-state index is 0. The van der Waals surface area contributed by atoms with E-state index in [1.165, 1.54) is 12.4 Å². The van der Waals surface area contributed by atoms with Crippen LogP contribution in [-0.4, -0.2) is 117 Å². The van der Waals surface area contributed by atoms with Crippen molar-refractivity contribution in [3.05, 3.63) is 47.6 Å². The van der Waals surface area contributed by atoms with Crippen molar-refractivity contribution in [3.63, 3.8) is 0 Å². The summed E-state index contributed by atoms with van der Waals surface area (Å²) in [5.41, 5.74) is -1.08. The molecule has 2 amide bonds. The molecule has 54 heavy (non-hydrogen) atoms. The number of nitrogens with one attached hydrogen (secondary N) is 3. The molecular weight excluding hydrogens is 846 g/mol. The maximum absolute atomic E-state index is 12.5. The average Bonchev–Trinajstić information content (AvgIpc) is 3.07. The Morgan fingerprint density at radius 2 is 1.37 bits per heavy atom. The predicted molar refractivity (Wildman–Crippen MR) is 200 cm³/mol. The molecule has 1 radical (unpaired) electrons. The Morgan fingerprint density at radius 3 is 1.96 bits per heavy atom. The number of ether oxygens (including phenoxy) is 6. The maximum Gasteiger partial charge on any atom is 0.329 e. The number of benzene rings is 1. The molecule has 0 unspecified atom stereocenters. The Balaban J connectivity index is 0.0000140. The number of carboxylic acids is 1. The molecule has 2 aromatic rings. The first kappa shape index (κ1) is 51.7. The van der Waals surface area contributed by atoms with Crippen LogP contribution in [0.3, 0.4) is 0 Å². The molecule has 0 fully saturated rings. The smallest absolute Gasteiger partial charge is 0.329 e. The molecule has 301 valence electrons. The van der Waals surface area contributed by atoms with Crippen molar-refractivity contribution in [2.45, 2.75) is 51.5 Å². The van der Waals surface area contributed by atoms with E-state index in [1.807, 2.05) is 20.8 Å². The molecule has 2 rings (SSSR count). The summed E-state index contributed by atoms with van der Waals surface area (Å²) in [4.78, 5) is 55.9. The second-order valence-corrected chi connectivity index (χ2v) is 14.2. The number of hydrogen-bond donors (Lipinski definition) is 4. The van der Waals surface area contributed by atoms with Crippen LogP contribution in [0.15, 0.2) is 29.4 Å². The Morgan fingerprint density at radius 1 is 0.796 bits per heavy atom. The standard InChI is InChI=1S/C33H47Cl2N5O11S.CH3.Y/c1-32(2,3)51-30(45)33(4,5)6-9-50-25-16-24(35)26(17-23(25)34)52-40-31-38-18-22(19-39-31)29(44)37-8-11-47-12-14-48-20-27(41)36-7-10-46-13-15-49-21-28(42)43;;/h16-19H,6-15,20-21H2,1-5H3,(H,36,41)(H,37,44)(H,42,43)(H,38,39,40);1H3;/q;-1;. The predicted octanol–water partition coefficient (Wildman–Crippen LogP) is 4.48. The van der Waals surface area contributed by atoms with Gasteiger partial charge in [0.1, 0.15) is 24.6 Å². The topological polar surface area (TPSA) is 206 Å². The summed E-state index contributed by atoms with van der Waals surface area (Å²) in [7, 11) is 0. The Hall–Kier alpha value is -2.35. The number of hydrogen-bond acceptors (Lipinski definition) is 14. The molecule has 0 aliphatic carbocycles. The SMILES string of the molecule is CC(C)(C)OC(=O)C(C)(C)CCOc1cc(Cl)c(SNc2ncc(C(=O)NCCOCCOCC(=O)NCCOCCOCC(=O)O)cn2)cc1Cl.[CH3-].[Y]. The molecule has 0 spiro atoms. The van der Waals surface area contributed by atoms with Gasteiger partial charge in [-0.05, 0) is 59.1 Å². The molecule has 0 saturated carbocycles. The zero-order chi connectivity index (χ0) is 38.6. The van der Waals surface area contributed by atoms with Gasteiger partial charge in [-0.25, -0.2) is 14.8 Å². The molecule has 1 aromatic carbocycles. The van der Waals surface area contributed by atoms with E-state index in [2.05, 4.69) is 25.3 Å². The quantitative estimate of drug-likeness (QED) is 0.0470. The fourth-order valence-corrected chi connectivity index (χ4v) is 4.84. The number of nitrogens with zero attached hydrogens (tertiary/aromatic N) is 2. The number of carbonyl (C=O) groups excluding carboxylic acids is 3. The second-order valence-electron chi connectivity index (χ2n) is 12.5. The number of halogens is 2. The number of amides is 2. The largest absolute Gasteiger partial charge is 0.492 e. The van der Waals surface area contributed by atoms with Gasteiger partial charge in [0, 0.05) is 69.2 Å². The zero-order valence-corrected chi connectivity index (χ0v) is 36.6. The molecule has 0 bridgehead atoms. The fourth-order valence-electron chi connectivity index (χ4n) is 3.65. The van der Waals surface area contributed by atoms with E-state index in [0.29, 0.717) is 27.1 Å². The van der Waals surface area contributed by atoms with E-state index in [4.69, 9.17) is 56.7 Å². The third-order valence-corrected chi connectivity index (χ3v) is 7.95. The van der Waals surface area contributed by atoms with Gasteiger partial charge in [0.25, 0.3) is 5.91 Å². The first-order valence-corrected chi connectivity index (χ1v) is 17.8. The minimum atomic E-state index is -1.05. The molecule has 20 heteroatoms. The van der Waals surface area contributed by atoms with Crippen molar-refractivity contribution in [2.24, 2.45) is 5.41 Å². The molecule has 0 atom stereocenters. The first-order chi connectivity index (χ1) is 24.6. The normalized spacial score (nSPS) is 11.1. The van der Waals surface area contributed by atoms with E-state index >= 15 is 0 Å². The van der Waals surface area contributed by atoms with Crippen LogP contribution >= 0.6 is 35.1 Å². The molecule has 0 aliphatic rings. The van der Waals surface area contributed by atoms with E-state index in [1.54, 1.807) is 26.0 Å². The molecule has 1 heterocycles. The van der Waals surface area contributed by atoms with E-state index in [9.17, 15) is 19.2 Å². The van der Waals surface area contributed by atoms with E-state index < -0.39 is 17.0 Å². The summed E-state index contributed by atoms with van der Waals surface area (Å²) >= 11 is 14.0. The zero-order valence-electron chi connectivity index (χ0n) is 31.5. The first-order valence-electron chi connectivity index (χ1n) is 16.3. The molecule has 1 aromatic heterocycles. The van der Waals surface area contributed by atoms with Crippen LogP contribution in [0.1, 0.15) is 51.4 Å². The summed E-state index contributed by atoms with van der Waals surface area (Å²) in [6, 6.07) is 3.23. The Kier molecular flexibility index (Phi) is 26.1. The van der Waals surface area contributed by atoms with Crippen molar-refractivity contribution in [2.75, 3.05) is 77.3 Å². The van der Waals surface area contributed by atoms with Crippen molar-refractivity contribution in [1.82, 2.24) is 20.6 Å². The van der Waals surface area contributed by atoms with Gasteiger partial charge in [-0.3, -0.25) is 19.1 Å². The van der Waals surface area contributed by atoms with Gasteiger partial charge in [0.15, 0.2) is 0 Å². The van der Waals surface area contributed by atoms with Crippen LogP contribution in [-0.2, 0) is 70.8 Å². The third-order valence-electron chi connectivity index (χ3n) is 6.39. The van der Waals surface area contributed by atoms with Gasteiger partial charge in [0.2, 0.25) is 11.9 Å². The minimum Gasteiger partial charge on any atom is -0.492 e. The monoisotopic (exact) mass is 895 g/mol. The number of anilines is 1. The summed E-state index contributed by atoms with van der Waals surface area (Å²) in [5.74, 6) is -1.44. The molecule has 0 aliphatic heterocycles. The summed E-state index contributed by atoms with van der Waals surface area (Å²) < 4.78 is 35.0. The summed E-state index contributed by atoms with van der Waals surface area (Å²) in [5, 5.41) is 14.5. The van der Waals surface area contributed by atoms with Gasteiger partial charge in [-0.1, -0.05) is 23.2 Å². The second kappa shape index (κ2) is 27.3. The van der Waals surface area contributed by atoms with Crippen LogP contribution in [0.4, 0.5) is 5.95 Å². The molecular formula is C34H50Cl2N5O11SY-. The van der Waals surface area contributed by atoms with Gasteiger partial charge >= 0.3 is 11.9 Å². The van der Waals surface area contributed by atoms with Crippen molar-refractivity contribution in [3.8, 4) is 5.75 Å². The number of carbonyl (C=O) groups is 4. The Labute approximate surface area is 356 Å². The summed E-state index contributed by atoms with van der Waals surface area (Å²) in [6.45, 7) is 10.5. The number of aliphatic carboxylic acids is 1. The van der Waals surface area contributed by atoms with Crippen molar-refractivity contribution < 1.29 is 85.4 Å². The number of rotatable bonds is 25. The van der Waals surface area contributed by atoms with Crippen LogP contribution in [0.25, 0.3) is 0 Å². The van der Waals surface area contributed by atoms with Gasteiger partial charge in [0.05, 0.1) is 67.3 Å². The van der Waals surface area contributed by atoms with Crippen LogP contribution in [0.2, 0.25) is 10.0 Å². The molecule has 16 nitrogen and oxygen atoms in total. The van der Waals surface area contributed by atoms with Crippen molar-refractivity contribution in [1.29, 1.82) is 0 Å². The number of carboxylic acid groups (broad SMARTS) is 1. The Bertz CT molecular complexity index is 1450. The number of esters is 1. The maximum atomic E-state index is 12.5. The van der Waals surface area contributed by atoms with Gasteiger partial charge in [-0.2, -0.15) is 0 Å². The number of aromatic nitrogens is 2. The van der Waals surface area contributed by atoms with E-state index in [-0.39, 0.29) is 142 Å². The molecule has 4 N–H and O–H groups in total. The van der Waals surface area contributed by atoms with Gasteiger partial charge < -0.3 is 51.6 Å². The van der Waals surface area contributed by atoms with Crippen LogP contribution in [0, 0.1) is 12.8 Å². The van der Waals surface area contributed by atoms with Gasteiger partial charge in [-0.15, -0.1) is 0 Å². The van der Waals surface area contributed by atoms with E-state index in [0.717, 1.165) is 11.9 Å².